The van der Waals surface area contributed by atoms with E-state index >= 15 is 0 Å². The molecule has 208 valence electrons. The lowest BCUT2D eigenvalue weighted by Crippen LogP contribution is -2.55. The van der Waals surface area contributed by atoms with Crippen LogP contribution in [0, 0.1) is 5.92 Å². The highest BCUT2D eigenvalue weighted by molar-refractivity contribution is 5.81. The van der Waals surface area contributed by atoms with E-state index in [-0.39, 0.29) is 11.9 Å². The Morgan fingerprint density at radius 2 is 1.82 bits per heavy atom. The van der Waals surface area contributed by atoms with Crippen molar-refractivity contribution in [1.29, 1.82) is 0 Å². The van der Waals surface area contributed by atoms with Crippen LogP contribution in [0.25, 0.3) is 0 Å². The van der Waals surface area contributed by atoms with E-state index in [0.29, 0.717) is 51.6 Å². The van der Waals surface area contributed by atoms with Crippen LogP contribution < -0.4 is 14.8 Å². The van der Waals surface area contributed by atoms with Gasteiger partial charge in [-0.05, 0) is 79.6 Å². The standard InChI is InChI=1S/C30H42N2O6/c1-35-13-5-6-22-16-23(18-27(17-22)38-15-14-36-2)21-32(25-9-10-25)29(33)28-20-31-12-11-30(28,34)24-7-4-8-26(19-24)37-3/h4,7-8,16-19,25,28,31,34H,5-6,9-15,20-21H2,1-3H3. The zero-order valence-corrected chi connectivity index (χ0v) is 22.9. The second-order valence-corrected chi connectivity index (χ2v) is 10.3. The summed E-state index contributed by atoms with van der Waals surface area (Å²) in [6, 6.07) is 13.9. The number of aliphatic hydroxyl groups is 1. The first-order valence-electron chi connectivity index (χ1n) is 13.6. The normalized spacial score (nSPS) is 21.2. The van der Waals surface area contributed by atoms with Crippen LogP contribution in [0.1, 0.15) is 42.4 Å². The van der Waals surface area contributed by atoms with Crippen molar-refractivity contribution in [2.45, 2.75) is 50.3 Å². The highest BCUT2D eigenvalue weighted by Gasteiger charge is 2.48. The Kier molecular flexibility index (Phi) is 10.0. The molecule has 0 spiro atoms. The van der Waals surface area contributed by atoms with Crippen LogP contribution in [0.4, 0.5) is 0 Å². The van der Waals surface area contributed by atoms with Gasteiger partial charge in [-0.3, -0.25) is 4.79 Å². The van der Waals surface area contributed by atoms with Gasteiger partial charge >= 0.3 is 0 Å². The van der Waals surface area contributed by atoms with Gasteiger partial charge in [0.05, 0.1) is 19.6 Å². The Morgan fingerprint density at radius 3 is 2.55 bits per heavy atom. The van der Waals surface area contributed by atoms with Gasteiger partial charge in [0.2, 0.25) is 5.91 Å². The van der Waals surface area contributed by atoms with Crippen LogP contribution in [0.3, 0.4) is 0 Å². The minimum atomic E-state index is -1.26. The molecule has 1 saturated carbocycles. The molecular weight excluding hydrogens is 484 g/mol. The van der Waals surface area contributed by atoms with Gasteiger partial charge in [0.25, 0.3) is 0 Å². The first-order chi connectivity index (χ1) is 18.5. The minimum Gasteiger partial charge on any atom is -0.497 e. The van der Waals surface area contributed by atoms with Crippen molar-refractivity contribution < 1.29 is 28.8 Å². The fourth-order valence-corrected chi connectivity index (χ4v) is 5.28. The quantitative estimate of drug-likeness (QED) is 0.365. The van der Waals surface area contributed by atoms with Crippen LogP contribution in [0.2, 0.25) is 0 Å². The molecule has 38 heavy (non-hydrogen) atoms. The van der Waals surface area contributed by atoms with E-state index in [1.807, 2.05) is 35.2 Å². The fourth-order valence-electron chi connectivity index (χ4n) is 5.28. The molecule has 1 aliphatic carbocycles. The van der Waals surface area contributed by atoms with E-state index < -0.39 is 11.5 Å². The molecule has 2 N–H and O–H groups in total. The number of piperidine rings is 1. The molecule has 1 amide bonds. The number of nitrogens with zero attached hydrogens (tertiary/aromatic N) is 1. The third kappa shape index (κ3) is 7.05. The number of nitrogens with one attached hydrogen (secondary N) is 1. The summed E-state index contributed by atoms with van der Waals surface area (Å²) in [5.41, 5.74) is 1.64. The molecule has 2 aromatic carbocycles. The molecule has 0 aromatic heterocycles. The number of carbonyl (C=O) groups is 1. The zero-order valence-electron chi connectivity index (χ0n) is 22.9. The molecule has 0 bridgehead atoms. The third-order valence-electron chi connectivity index (χ3n) is 7.50. The highest BCUT2D eigenvalue weighted by atomic mass is 16.5. The van der Waals surface area contributed by atoms with Crippen molar-refractivity contribution >= 4 is 5.91 Å². The Morgan fingerprint density at radius 1 is 1.03 bits per heavy atom. The molecule has 2 aliphatic rings. The topological polar surface area (TPSA) is 89.5 Å². The predicted molar refractivity (Wildman–Crippen MR) is 145 cm³/mol. The summed E-state index contributed by atoms with van der Waals surface area (Å²) in [6.07, 6.45) is 4.19. The summed E-state index contributed by atoms with van der Waals surface area (Å²) in [4.78, 5) is 16.1. The number of amides is 1. The van der Waals surface area contributed by atoms with E-state index in [1.165, 1.54) is 0 Å². The summed E-state index contributed by atoms with van der Waals surface area (Å²) in [5.74, 6) is 0.844. The molecule has 2 unspecified atom stereocenters. The van der Waals surface area contributed by atoms with Crippen LogP contribution in [-0.4, -0.2) is 76.2 Å². The second kappa shape index (κ2) is 13.4. The third-order valence-corrected chi connectivity index (χ3v) is 7.50. The van der Waals surface area contributed by atoms with Gasteiger partial charge in [0, 0.05) is 40.0 Å². The first kappa shape index (κ1) is 28.4. The Bertz CT molecular complexity index is 1030. The zero-order chi connectivity index (χ0) is 27.0. The van der Waals surface area contributed by atoms with Crippen molar-refractivity contribution in [2.75, 3.05) is 54.2 Å². The molecular formula is C30H42N2O6. The number of methoxy groups -OCH3 is 3. The summed E-state index contributed by atoms with van der Waals surface area (Å²) >= 11 is 0. The minimum absolute atomic E-state index is 0.0170. The van der Waals surface area contributed by atoms with Gasteiger partial charge < -0.3 is 34.3 Å². The van der Waals surface area contributed by atoms with Crippen molar-refractivity contribution in [1.82, 2.24) is 10.2 Å². The lowest BCUT2D eigenvalue weighted by Gasteiger charge is -2.42. The molecule has 1 heterocycles. The fraction of sp³-hybridized carbons (Fsp3) is 0.567. The summed E-state index contributed by atoms with van der Waals surface area (Å²) < 4.78 is 21.7. The van der Waals surface area contributed by atoms with Crippen LogP contribution in [-0.2, 0) is 32.8 Å². The van der Waals surface area contributed by atoms with Crippen molar-refractivity contribution in [3.63, 3.8) is 0 Å². The SMILES string of the molecule is COCCCc1cc(CN(C(=O)C2CNCCC2(O)c2cccc(OC)c2)C2CC2)cc(OCCOC)c1. The molecule has 4 rings (SSSR count). The molecule has 2 fully saturated rings. The number of rotatable bonds is 14. The van der Waals surface area contributed by atoms with Gasteiger partial charge in [0.1, 0.15) is 23.7 Å². The molecule has 1 aliphatic heterocycles. The van der Waals surface area contributed by atoms with E-state index in [0.717, 1.165) is 48.1 Å². The summed E-state index contributed by atoms with van der Waals surface area (Å²) in [6.45, 7) is 3.21. The van der Waals surface area contributed by atoms with E-state index in [9.17, 15) is 9.90 Å². The van der Waals surface area contributed by atoms with Crippen LogP contribution in [0.5, 0.6) is 11.5 Å². The van der Waals surface area contributed by atoms with Gasteiger partial charge in [-0.1, -0.05) is 18.2 Å². The van der Waals surface area contributed by atoms with Gasteiger partial charge in [-0.25, -0.2) is 0 Å². The summed E-state index contributed by atoms with van der Waals surface area (Å²) in [5, 5.41) is 15.3. The van der Waals surface area contributed by atoms with Crippen molar-refractivity contribution in [2.24, 2.45) is 5.92 Å². The van der Waals surface area contributed by atoms with Gasteiger partial charge in [-0.15, -0.1) is 0 Å². The monoisotopic (exact) mass is 526 g/mol. The number of aryl methyl sites for hydroxylation is 1. The van der Waals surface area contributed by atoms with Crippen molar-refractivity contribution in [3.05, 3.63) is 59.2 Å². The number of ether oxygens (including phenoxy) is 4. The van der Waals surface area contributed by atoms with E-state index in [2.05, 4.69) is 17.4 Å². The lowest BCUT2D eigenvalue weighted by molar-refractivity contribution is -0.150. The molecule has 1 saturated heterocycles. The Labute approximate surface area is 226 Å². The number of hydrogen-bond donors (Lipinski definition) is 2. The average molecular weight is 527 g/mol. The number of hydrogen-bond acceptors (Lipinski definition) is 7. The summed E-state index contributed by atoms with van der Waals surface area (Å²) in [7, 11) is 4.98. The highest BCUT2D eigenvalue weighted by Crippen LogP contribution is 2.40. The van der Waals surface area contributed by atoms with Crippen LogP contribution in [0.15, 0.2) is 42.5 Å². The molecule has 2 atom stereocenters. The Hall–Kier alpha value is -2.65. The molecule has 2 aromatic rings. The largest absolute Gasteiger partial charge is 0.497 e. The molecule has 0 radical (unpaired) electrons. The van der Waals surface area contributed by atoms with Crippen molar-refractivity contribution in [3.8, 4) is 11.5 Å². The Balaban J connectivity index is 1.58. The first-order valence-corrected chi connectivity index (χ1v) is 13.6. The van der Waals surface area contributed by atoms with E-state index in [1.54, 1.807) is 21.3 Å². The number of benzene rings is 2. The number of carbonyl (C=O) groups excluding carboxylic acids is 1. The van der Waals surface area contributed by atoms with Crippen LogP contribution >= 0.6 is 0 Å². The second-order valence-electron chi connectivity index (χ2n) is 10.3. The van der Waals surface area contributed by atoms with Gasteiger partial charge in [0.15, 0.2) is 0 Å². The van der Waals surface area contributed by atoms with Gasteiger partial charge in [-0.2, -0.15) is 0 Å². The molecule has 8 heteroatoms. The maximum absolute atomic E-state index is 14.1. The van der Waals surface area contributed by atoms with E-state index in [4.69, 9.17) is 18.9 Å². The lowest BCUT2D eigenvalue weighted by atomic mass is 9.75. The average Bonchev–Trinajstić information content (AvgIpc) is 3.77. The predicted octanol–water partition coefficient (Wildman–Crippen LogP) is 3.29. The molecule has 8 nitrogen and oxygen atoms in total. The smallest absolute Gasteiger partial charge is 0.230 e. The maximum Gasteiger partial charge on any atom is 0.230 e. The maximum atomic E-state index is 14.1.